The second kappa shape index (κ2) is 7.80. The van der Waals surface area contributed by atoms with E-state index in [1.54, 1.807) is 0 Å². The number of aliphatic hydroxyl groups excluding tert-OH is 1. The lowest BCUT2D eigenvalue weighted by Gasteiger charge is -2.29. The molecule has 1 aliphatic rings. The summed E-state index contributed by atoms with van der Waals surface area (Å²) in [6, 6.07) is 9.37. The fourth-order valence-electron chi connectivity index (χ4n) is 3.20. The van der Waals surface area contributed by atoms with E-state index < -0.39 is 0 Å². The van der Waals surface area contributed by atoms with Gasteiger partial charge in [0.15, 0.2) is 0 Å². The molecule has 0 aromatic heterocycles. The highest BCUT2D eigenvalue weighted by Gasteiger charge is 2.23. The lowest BCUT2D eigenvalue weighted by atomic mass is 9.86. The van der Waals surface area contributed by atoms with Crippen molar-refractivity contribution >= 4 is 0 Å². The van der Waals surface area contributed by atoms with Gasteiger partial charge in [-0.25, -0.2) is 0 Å². The standard InChI is InChI=1S/C18H29NO/c1-3-14-9-11-15(12-10-14)17(4-2)19-13-16-7-5-6-8-18(16)20/h9-12,16-20H,3-8,13H2,1-2H3. The maximum absolute atomic E-state index is 10.1. The normalized spacial score (nSPS) is 24.6. The van der Waals surface area contributed by atoms with Crippen LogP contribution in [0.1, 0.15) is 63.1 Å². The lowest BCUT2D eigenvalue weighted by Crippen LogP contribution is -2.35. The summed E-state index contributed by atoms with van der Waals surface area (Å²) >= 11 is 0. The predicted octanol–water partition coefficient (Wildman–Crippen LogP) is 3.84. The van der Waals surface area contributed by atoms with Crippen LogP contribution in [0.3, 0.4) is 0 Å². The molecule has 0 amide bonds. The van der Waals surface area contributed by atoms with Crippen molar-refractivity contribution in [3.05, 3.63) is 35.4 Å². The summed E-state index contributed by atoms with van der Waals surface area (Å²) in [7, 11) is 0. The van der Waals surface area contributed by atoms with Gasteiger partial charge in [0, 0.05) is 12.6 Å². The van der Waals surface area contributed by atoms with Crippen LogP contribution in [0.25, 0.3) is 0 Å². The van der Waals surface area contributed by atoms with E-state index in [2.05, 4.69) is 43.4 Å². The number of rotatable bonds is 6. The maximum Gasteiger partial charge on any atom is 0.0580 e. The van der Waals surface area contributed by atoms with Crippen LogP contribution in [0.2, 0.25) is 0 Å². The molecule has 0 aliphatic heterocycles. The Hall–Kier alpha value is -0.860. The van der Waals surface area contributed by atoms with Crippen LogP contribution in [-0.2, 0) is 6.42 Å². The monoisotopic (exact) mass is 275 g/mol. The van der Waals surface area contributed by atoms with Crippen molar-refractivity contribution in [3.8, 4) is 0 Å². The van der Waals surface area contributed by atoms with Crippen LogP contribution in [0.5, 0.6) is 0 Å². The minimum Gasteiger partial charge on any atom is -0.393 e. The third kappa shape index (κ3) is 4.07. The Labute approximate surface area is 123 Å². The van der Waals surface area contributed by atoms with E-state index in [-0.39, 0.29) is 6.10 Å². The van der Waals surface area contributed by atoms with E-state index in [1.165, 1.54) is 30.4 Å². The second-order valence-corrected chi connectivity index (χ2v) is 6.08. The average Bonchev–Trinajstić information content (AvgIpc) is 2.50. The zero-order chi connectivity index (χ0) is 14.4. The topological polar surface area (TPSA) is 32.3 Å². The van der Waals surface area contributed by atoms with Gasteiger partial charge in [-0.2, -0.15) is 0 Å². The highest BCUT2D eigenvalue weighted by molar-refractivity contribution is 5.25. The first kappa shape index (κ1) is 15.5. The van der Waals surface area contributed by atoms with Gasteiger partial charge >= 0.3 is 0 Å². The van der Waals surface area contributed by atoms with Gasteiger partial charge in [0.1, 0.15) is 0 Å². The van der Waals surface area contributed by atoms with E-state index in [9.17, 15) is 5.11 Å². The maximum atomic E-state index is 10.1. The summed E-state index contributed by atoms with van der Waals surface area (Å²) in [5, 5.41) is 13.7. The van der Waals surface area contributed by atoms with Gasteiger partial charge in [-0.3, -0.25) is 0 Å². The Morgan fingerprint density at radius 1 is 1.15 bits per heavy atom. The van der Waals surface area contributed by atoms with Crippen LogP contribution >= 0.6 is 0 Å². The molecule has 2 heteroatoms. The van der Waals surface area contributed by atoms with E-state index in [4.69, 9.17) is 0 Å². The van der Waals surface area contributed by atoms with E-state index in [0.29, 0.717) is 12.0 Å². The van der Waals surface area contributed by atoms with Crippen LogP contribution in [0, 0.1) is 5.92 Å². The first-order valence-electron chi connectivity index (χ1n) is 8.24. The molecule has 0 heterocycles. The molecule has 0 bridgehead atoms. The molecule has 2 N–H and O–H groups in total. The average molecular weight is 275 g/mol. The number of hydrogen-bond donors (Lipinski definition) is 2. The molecular formula is C18H29NO. The third-order valence-electron chi connectivity index (χ3n) is 4.69. The number of aryl methyl sites for hydroxylation is 1. The molecule has 0 saturated heterocycles. The highest BCUT2D eigenvalue weighted by atomic mass is 16.3. The third-order valence-corrected chi connectivity index (χ3v) is 4.69. The van der Waals surface area contributed by atoms with Crippen LogP contribution in [-0.4, -0.2) is 17.8 Å². The lowest BCUT2D eigenvalue weighted by molar-refractivity contribution is 0.0680. The number of benzene rings is 1. The Bertz CT molecular complexity index is 387. The molecule has 20 heavy (non-hydrogen) atoms. The van der Waals surface area contributed by atoms with Gasteiger partial charge < -0.3 is 10.4 Å². The van der Waals surface area contributed by atoms with Crippen molar-refractivity contribution in [3.63, 3.8) is 0 Å². The van der Waals surface area contributed by atoms with Gasteiger partial charge in [0.05, 0.1) is 6.10 Å². The first-order valence-corrected chi connectivity index (χ1v) is 8.24. The molecule has 1 aromatic rings. The molecule has 3 unspecified atom stereocenters. The van der Waals surface area contributed by atoms with Crippen LogP contribution in [0.15, 0.2) is 24.3 Å². The van der Waals surface area contributed by atoms with Gasteiger partial charge in [0.2, 0.25) is 0 Å². The van der Waals surface area contributed by atoms with E-state index in [0.717, 1.165) is 25.8 Å². The number of hydrogen-bond acceptors (Lipinski definition) is 2. The SMILES string of the molecule is CCc1ccc(C(CC)NCC2CCCCC2O)cc1. The fourth-order valence-corrected chi connectivity index (χ4v) is 3.20. The quantitative estimate of drug-likeness (QED) is 0.826. The van der Waals surface area contributed by atoms with E-state index in [1.807, 2.05) is 0 Å². The van der Waals surface area contributed by atoms with Crippen molar-refractivity contribution in [2.75, 3.05) is 6.54 Å². The Kier molecular flexibility index (Phi) is 6.06. The molecule has 2 nitrogen and oxygen atoms in total. The predicted molar refractivity (Wildman–Crippen MR) is 84.8 cm³/mol. The minimum atomic E-state index is -0.101. The molecule has 0 radical (unpaired) electrons. The summed E-state index contributed by atoms with van der Waals surface area (Å²) in [4.78, 5) is 0. The molecule has 0 spiro atoms. The molecule has 1 saturated carbocycles. The summed E-state index contributed by atoms with van der Waals surface area (Å²) in [5.41, 5.74) is 2.77. The number of nitrogens with one attached hydrogen (secondary N) is 1. The Morgan fingerprint density at radius 2 is 1.85 bits per heavy atom. The van der Waals surface area contributed by atoms with Crippen molar-refractivity contribution < 1.29 is 5.11 Å². The summed E-state index contributed by atoms with van der Waals surface area (Å²) in [5.74, 6) is 0.438. The molecule has 112 valence electrons. The van der Waals surface area contributed by atoms with Gasteiger partial charge in [-0.05, 0) is 42.7 Å². The summed E-state index contributed by atoms with van der Waals surface area (Å²) in [6.45, 7) is 5.35. The molecule has 1 aromatic carbocycles. The van der Waals surface area contributed by atoms with E-state index >= 15 is 0 Å². The Balaban J connectivity index is 1.90. The molecule has 1 aliphatic carbocycles. The fraction of sp³-hybridized carbons (Fsp3) is 0.667. The first-order chi connectivity index (χ1) is 9.74. The molecule has 1 fully saturated rings. The zero-order valence-electron chi connectivity index (χ0n) is 12.9. The van der Waals surface area contributed by atoms with Gasteiger partial charge in [-0.1, -0.05) is 51.0 Å². The summed E-state index contributed by atoms with van der Waals surface area (Å²) in [6.07, 6.45) is 6.69. The van der Waals surface area contributed by atoms with Crippen molar-refractivity contribution in [1.29, 1.82) is 0 Å². The van der Waals surface area contributed by atoms with Crippen molar-refractivity contribution in [2.24, 2.45) is 5.92 Å². The van der Waals surface area contributed by atoms with Crippen LogP contribution in [0.4, 0.5) is 0 Å². The molecular weight excluding hydrogens is 246 g/mol. The van der Waals surface area contributed by atoms with Crippen molar-refractivity contribution in [2.45, 2.75) is 64.5 Å². The largest absolute Gasteiger partial charge is 0.393 e. The molecule has 2 rings (SSSR count). The second-order valence-electron chi connectivity index (χ2n) is 6.08. The number of aliphatic hydroxyl groups is 1. The Morgan fingerprint density at radius 3 is 2.45 bits per heavy atom. The van der Waals surface area contributed by atoms with Gasteiger partial charge in [0.25, 0.3) is 0 Å². The summed E-state index contributed by atoms with van der Waals surface area (Å²) < 4.78 is 0. The highest BCUT2D eigenvalue weighted by Crippen LogP contribution is 2.25. The zero-order valence-corrected chi connectivity index (χ0v) is 12.9. The minimum absolute atomic E-state index is 0.101. The van der Waals surface area contributed by atoms with Crippen LogP contribution < -0.4 is 5.32 Å². The molecule has 3 atom stereocenters. The smallest absolute Gasteiger partial charge is 0.0580 e. The van der Waals surface area contributed by atoms with Gasteiger partial charge in [-0.15, -0.1) is 0 Å². The van der Waals surface area contributed by atoms with Crippen molar-refractivity contribution in [1.82, 2.24) is 5.32 Å².